The number of aliphatic hydroxyl groups excluding tert-OH is 1. The lowest BCUT2D eigenvalue weighted by molar-refractivity contribution is 0.102. The first-order valence-electron chi connectivity index (χ1n) is 10.8. The highest BCUT2D eigenvalue weighted by atomic mass is 35.5. The maximum atomic E-state index is 13.2. The molecule has 1 aliphatic carbocycles. The minimum Gasteiger partial charge on any atom is -0.493 e. The molecule has 170 valence electrons. The van der Waals surface area contributed by atoms with Gasteiger partial charge in [0, 0.05) is 29.2 Å². The van der Waals surface area contributed by atoms with E-state index < -0.39 is 6.10 Å². The van der Waals surface area contributed by atoms with E-state index in [1.165, 1.54) is 10.7 Å². The van der Waals surface area contributed by atoms with Crippen LogP contribution in [0.4, 0.5) is 5.69 Å². The molecule has 4 aromatic rings. The van der Waals surface area contributed by atoms with Crippen LogP contribution < -0.4 is 10.1 Å². The van der Waals surface area contributed by atoms with Crippen molar-refractivity contribution in [3.05, 3.63) is 59.6 Å². The summed E-state index contributed by atoms with van der Waals surface area (Å²) in [7, 11) is 0. The Morgan fingerprint density at radius 3 is 3.03 bits per heavy atom. The number of fused-ring (bicyclic) bond motifs is 1. The van der Waals surface area contributed by atoms with Gasteiger partial charge in [-0.25, -0.2) is 9.50 Å². The highest BCUT2D eigenvalue weighted by molar-refractivity contribution is 6.31. The van der Waals surface area contributed by atoms with Crippen LogP contribution in [0.2, 0.25) is 5.02 Å². The molecule has 1 aromatic carbocycles. The van der Waals surface area contributed by atoms with Crippen LogP contribution in [-0.2, 0) is 0 Å². The van der Waals surface area contributed by atoms with Gasteiger partial charge in [-0.2, -0.15) is 10.2 Å². The second kappa shape index (κ2) is 8.84. The molecule has 0 spiro atoms. The average molecular weight is 467 g/mol. The van der Waals surface area contributed by atoms with Gasteiger partial charge in [0.2, 0.25) is 0 Å². The summed E-state index contributed by atoms with van der Waals surface area (Å²) in [6.07, 6.45) is 8.52. The number of aliphatic hydroxyl groups is 1. The van der Waals surface area contributed by atoms with Crippen molar-refractivity contribution >= 4 is 28.8 Å². The van der Waals surface area contributed by atoms with Gasteiger partial charge in [0.1, 0.15) is 17.0 Å². The van der Waals surface area contributed by atoms with Crippen LogP contribution in [0.25, 0.3) is 16.9 Å². The summed E-state index contributed by atoms with van der Waals surface area (Å²) in [5.41, 5.74) is 2.44. The Bertz CT molecular complexity index is 1320. The van der Waals surface area contributed by atoms with Crippen molar-refractivity contribution < 1.29 is 14.6 Å². The molecular weight excluding hydrogens is 444 g/mol. The van der Waals surface area contributed by atoms with Crippen LogP contribution in [0.1, 0.15) is 42.6 Å². The van der Waals surface area contributed by atoms with Gasteiger partial charge in [0.15, 0.2) is 5.65 Å². The van der Waals surface area contributed by atoms with E-state index in [-0.39, 0.29) is 11.9 Å². The van der Waals surface area contributed by atoms with Gasteiger partial charge in [-0.15, -0.1) is 0 Å². The zero-order chi connectivity index (χ0) is 22.9. The second-order valence-corrected chi connectivity index (χ2v) is 8.35. The summed E-state index contributed by atoms with van der Waals surface area (Å²) in [5.74, 6) is 0.240. The summed E-state index contributed by atoms with van der Waals surface area (Å²) in [6.45, 7) is 2.36. The Morgan fingerprint density at radius 2 is 2.24 bits per heavy atom. The summed E-state index contributed by atoms with van der Waals surface area (Å²) in [4.78, 5) is 17.5. The number of hydrogen-bond acceptors (Lipinski definition) is 6. The molecule has 3 aromatic heterocycles. The lowest BCUT2D eigenvalue weighted by atomic mass is 10.1. The Kier molecular flexibility index (Phi) is 5.74. The number of carbonyl (C=O) groups excluding carboxylic acids is 1. The largest absolute Gasteiger partial charge is 0.493 e. The zero-order valence-electron chi connectivity index (χ0n) is 18.0. The predicted octanol–water partition coefficient (Wildman–Crippen LogP) is 3.98. The van der Waals surface area contributed by atoms with E-state index in [4.69, 9.17) is 21.4 Å². The fraction of sp³-hybridized carbons (Fsp3) is 0.304. The van der Waals surface area contributed by atoms with Crippen molar-refractivity contribution in [1.29, 1.82) is 0 Å². The van der Waals surface area contributed by atoms with E-state index >= 15 is 0 Å². The van der Waals surface area contributed by atoms with Crippen molar-refractivity contribution in [3.8, 4) is 17.0 Å². The number of rotatable bonds is 6. The number of nitrogens with zero attached hydrogens (tertiary/aromatic N) is 5. The van der Waals surface area contributed by atoms with Gasteiger partial charge in [0.25, 0.3) is 5.91 Å². The van der Waals surface area contributed by atoms with Crippen molar-refractivity contribution in [2.24, 2.45) is 0 Å². The number of nitrogens with one attached hydrogen (secondary N) is 1. The van der Waals surface area contributed by atoms with Gasteiger partial charge in [-0.3, -0.25) is 9.48 Å². The van der Waals surface area contributed by atoms with E-state index in [2.05, 4.69) is 15.4 Å². The van der Waals surface area contributed by atoms with Gasteiger partial charge in [-0.1, -0.05) is 11.6 Å². The van der Waals surface area contributed by atoms with Crippen molar-refractivity contribution in [3.63, 3.8) is 0 Å². The highest BCUT2D eigenvalue weighted by Gasteiger charge is 2.30. The van der Waals surface area contributed by atoms with E-state index in [1.807, 2.05) is 6.92 Å². The lowest BCUT2D eigenvalue weighted by Gasteiger charge is -2.14. The minimum absolute atomic E-state index is 0.164. The molecule has 1 fully saturated rings. The molecular formula is C23H23ClN6O3. The van der Waals surface area contributed by atoms with E-state index in [0.717, 1.165) is 19.3 Å². The Morgan fingerprint density at radius 1 is 1.36 bits per heavy atom. The van der Waals surface area contributed by atoms with Gasteiger partial charge in [-0.05, 0) is 50.5 Å². The smallest absolute Gasteiger partial charge is 0.261 e. The summed E-state index contributed by atoms with van der Waals surface area (Å²) < 4.78 is 9.07. The summed E-state index contributed by atoms with van der Waals surface area (Å²) >= 11 is 6.29. The molecule has 0 saturated heterocycles. The Labute approximate surface area is 195 Å². The normalized spacial score (nSPS) is 18.0. The first-order valence-corrected chi connectivity index (χ1v) is 11.2. The molecule has 0 radical (unpaired) electrons. The van der Waals surface area contributed by atoms with E-state index in [0.29, 0.717) is 45.5 Å². The molecule has 1 amide bonds. The molecule has 2 unspecified atom stereocenters. The molecule has 5 rings (SSSR count). The summed E-state index contributed by atoms with van der Waals surface area (Å²) in [5, 5.41) is 22.9. The van der Waals surface area contributed by atoms with Crippen molar-refractivity contribution in [2.45, 2.75) is 38.3 Å². The topological polar surface area (TPSA) is 107 Å². The fourth-order valence-corrected chi connectivity index (χ4v) is 4.40. The molecule has 3 heterocycles. The van der Waals surface area contributed by atoms with Crippen LogP contribution in [0, 0.1) is 0 Å². The Balaban J connectivity index is 1.58. The molecule has 1 saturated carbocycles. The zero-order valence-corrected chi connectivity index (χ0v) is 18.7. The molecule has 1 aliphatic rings. The highest BCUT2D eigenvalue weighted by Crippen LogP contribution is 2.39. The number of hydrogen-bond donors (Lipinski definition) is 2. The number of anilines is 1. The molecule has 10 heteroatoms. The maximum Gasteiger partial charge on any atom is 0.261 e. The number of ether oxygens (including phenoxy) is 1. The third-order valence-corrected chi connectivity index (χ3v) is 6.02. The summed E-state index contributed by atoms with van der Waals surface area (Å²) in [6, 6.07) is 6.87. The third-order valence-electron chi connectivity index (χ3n) is 5.78. The van der Waals surface area contributed by atoms with Gasteiger partial charge in [0.05, 0.1) is 30.6 Å². The molecule has 2 atom stereocenters. The SMILES string of the molecule is CCOc1ccc(Cl)cc1-c1nn(C2CCCC2O)cc1NC(=O)c1cnn2cccnc12. The average Bonchev–Trinajstić information content (AvgIpc) is 3.53. The first-order chi connectivity index (χ1) is 16.0. The molecule has 33 heavy (non-hydrogen) atoms. The predicted molar refractivity (Wildman–Crippen MR) is 124 cm³/mol. The number of benzene rings is 1. The van der Waals surface area contributed by atoms with Crippen LogP contribution in [-0.4, -0.2) is 48.1 Å². The van der Waals surface area contributed by atoms with Crippen LogP contribution in [0.5, 0.6) is 5.75 Å². The number of aromatic nitrogens is 5. The van der Waals surface area contributed by atoms with E-state index in [9.17, 15) is 9.90 Å². The molecule has 0 bridgehead atoms. The quantitative estimate of drug-likeness (QED) is 0.445. The maximum absolute atomic E-state index is 13.2. The standard InChI is InChI=1S/C23H23ClN6O3/c1-2-33-20-8-7-14(24)11-15(20)21-17(13-30(28-21)18-5-3-6-19(18)31)27-23(32)16-12-26-29-10-4-9-25-22(16)29/h4,7-13,18-19,31H,2-3,5-6H2,1H3,(H,27,32). The number of carbonyl (C=O) groups is 1. The van der Waals surface area contributed by atoms with Crippen LogP contribution >= 0.6 is 11.6 Å². The van der Waals surface area contributed by atoms with Crippen LogP contribution in [0.15, 0.2) is 49.1 Å². The van der Waals surface area contributed by atoms with Crippen molar-refractivity contribution in [1.82, 2.24) is 24.4 Å². The molecule has 9 nitrogen and oxygen atoms in total. The van der Waals surface area contributed by atoms with Crippen LogP contribution in [0.3, 0.4) is 0 Å². The lowest BCUT2D eigenvalue weighted by Crippen LogP contribution is -2.18. The third kappa shape index (κ3) is 4.05. The fourth-order valence-electron chi connectivity index (χ4n) is 4.23. The van der Waals surface area contributed by atoms with E-state index in [1.54, 1.807) is 47.5 Å². The van der Waals surface area contributed by atoms with Gasteiger partial charge >= 0.3 is 0 Å². The molecule has 2 N–H and O–H groups in total. The Hall–Kier alpha value is -3.43. The minimum atomic E-state index is -0.490. The second-order valence-electron chi connectivity index (χ2n) is 7.91. The van der Waals surface area contributed by atoms with Crippen molar-refractivity contribution in [2.75, 3.05) is 11.9 Å². The first kappa shape index (κ1) is 21.4. The van der Waals surface area contributed by atoms with Gasteiger partial charge < -0.3 is 15.2 Å². The monoisotopic (exact) mass is 466 g/mol. The number of amides is 1. The molecule has 0 aliphatic heterocycles. The number of halogens is 1.